The van der Waals surface area contributed by atoms with E-state index in [4.69, 9.17) is 4.74 Å². The van der Waals surface area contributed by atoms with Crippen LogP contribution in [0.1, 0.15) is 12.0 Å². The quantitative estimate of drug-likeness (QED) is 0.635. The summed E-state index contributed by atoms with van der Waals surface area (Å²) in [6.45, 7) is 1.10. The Balaban J connectivity index is 1.29. The Labute approximate surface area is 176 Å². The number of carbonyl (C=O) groups is 2. The van der Waals surface area contributed by atoms with Crippen molar-refractivity contribution in [1.82, 2.24) is 4.90 Å². The molecule has 4 rings (SSSR count). The van der Waals surface area contributed by atoms with Gasteiger partial charge in [0.15, 0.2) is 0 Å². The Bertz CT molecular complexity index is 988. The summed E-state index contributed by atoms with van der Waals surface area (Å²) in [5.41, 5.74) is 1.88. The van der Waals surface area contributed by atoms with Crippen molar-refractivity contribution < 1.29 is 14.3 Å². The largest absolute Gasteiger partial charge is 0.457 e. The van der Waals surface area contributed by atoms with Crippen LogP contribution >= 0.6 is 0 Å². The van der Waals surface area contributed by atoms with Crippen LogP contribution in [-0.4, -0.2) is 29.8 Å². The zero-order valence-corrected chi connectivity index (χ0v) is 16.7. The number of likely N-dealkylation sites (tertiary alicyclic amines) is 1. The number of rotatable bonds is 7. The lowest BCUT2D eigenvalue weighted by Crippen LogP contribution is -2.30. The Morgan fingerprint density at radius 2 is 1.53 bits per heavy atom. The van der Waals surface area contributed by atoms with Crippen LogP contribution in [0.5, 0.6) is 11.5 Å². The molecule has 152 valence electrons. The van der Waals surface area contributed by atoms with Gasteiger partial charge in [-0.3, -0.25) is 9.59 Å². The van der Waals surface area contributed by atoms with Gasteiger partial charge in [-0.1, -0.05) is 48.5 Å². The van der Waals surface area contributed by atoms with E-state index in [1.807, 2.05) is 60.7 Å². The second-order valence-corrected chi connectivity index (χ2v) is 7.41. The van der Waals surface area contributed by atoms with Crippen LogP contribution in [0.25, 0.3) is 0 Å². The van der Waals surface area contributed by atoms with Gasteiger partial charge in [0.1, 0.15) is 11.5 Å². The van der Waals surface area contributed by atoms with E-state index in [0.717, 1.165) is 12.2 Å². The molecule has 1 atom stereocenters. The van der Waals surface area contributed by atoms with Crippen LogP contribution in [-0.2, 0) is 16.0 Å². The molecule has 1 unspecified atom stereocenters. The summed E-state index contributed by atoms with van der Waals surface area (Å²) in [6, 6.07) is 26.8. The second-order valence-electron chi connectivity index (χ2n) is 7.41. The standard InChI is InChI=1S/C25H24N2O3/c28-24-17-20(18-27(24)16-15-19-7-3-1-4-8-19)25(29)26-21-11-13-23(14-12-21)30-22-9-5-2-6-10-22/h1-14,20H,15-18H2,(H,26,29). The van der Waals surface area contributed by atoms with E-state index in [-0.39, 0.29) is 24.2 Å². The number of benzene rings is 3. The van der Waals surface area contributed by atoms with Crippen molar-refractivity contribution in [3.8, 4) is 11.5 Å². The molecule has 0 bridgehead atoms. The number of carbonyl (C=O) groups excluding carboxylic acids is 2. The van der Waals surface area contributed by atoms with Gasteiger partial charge in [0.05, 0.1) is 5.92 Å². The fourth-order valence-electron chi connectivity index (χ4n) is 3.55. The molecule has 1 N–H and O–H groups in total. The molecular weight excluding hydrogens is 376 g/mol. The van der Waals surface area contributed by atoms with Crippen molar-refractivity contribution in [2.45, 2.75) is 12.8 Å². The Morgan fingerprint density at radius 1 is 0.900 bits per heavy atom. The van der Waals surface area contributed by atoms with Crippen molar-refractivity contribution in [3.05, 3.63) is 90.5 Å². The first-order valence-electron chi connectivity index (χ1n) is 10.1. The van der Waals surface area contributed by atoms with Gasteiger partial charge >= 0.3 is 0 Å². The molecular formula is C25H24N2O3. The lowest BCUT2D eigenvalue weighted by Gasteiger charge is -2.16. The first kappa shape index (κ1) is 19.7. The van der Waals surface area contributed by atoms with Crippen molar-refractivity contribution >= 4 is 17.5 Å². The second kappa shape index (κ2) is 9.27. The van der Waals surface area contributed by atoms with Gasteiger partial charge in [0, 0.05) is 25.2 Å². The lowest BCUT2D eigenvalue weighted by atomic mass is 10.1. The summed E-state index contributed by atoms with van der Waals surface area (Å²) in [7, 11) is 0. The predicted octanol–water partition coefficient (Wildman–Crippen LogP) is 4.51. The zero-order valence-electron chi connectivity index (χ0n) is 16.7. The average Bonchev–Trinajstić information content (AvgIpc) is 3.16. The third kappa shape index (κ3) is 5.06. The summed E-state index contributed by atoms with van der Waals surface area (Å²) in [5, 5.41) is 2.92. The molecule has 0 saturated carbocycles. The van der Waals surface area contributed by atoms with Gasteiger partial charge < -0.3 is 15.0 Å². The number of anilines is 1. The summed E-state index contributed by atoms with van der Waals surface area (Å²) in [5.74, 6) is 1.05. The van der Waals surface area contributed by atoms with Crippen molar-refractivity contribution in [3.63, 3.8) is 0 Å². The normalized spacial score (nSPS) is 15.8. The summed E-state index contributed by atoms with van der Waals surface area (Å²) in [4.78, 5) is 26.7. The third-order valence-electron chi connectivity index (χ3n) is 5.20. The molecule has 1 aliphatic heterocycles. The number of amides is 2. The molecule has 30 heavy (non-hydrogen) atoms. The van der Waals surface area contributed by atoms with Crippen LogP contribution in [0.15, 0.2) is 84.9 Å². The van der Waals surface area contributed by atoms with Gasteiger partial charge in [-0.05, 0) is 48.4 Å². The molecule has 5 heteroatoms. The van der Waals surface area contributed by atoms with Crippen LogP contribution < -0.4 is 10.1 Å². The highest BCUT2D eigenvalue weighted by Crippen LogP contribution is 2.24. The van der Waals surface area contributed by atoms with Gasteiger partial charge in [-0.25, -0.2) is 0 Å². The minimum atomic E-state index is -0.325. The monoisotopic (exact) mass is 400 g/mol. The minimum Gasteiger partial charge on any atom is -0.457 e. The SMILES string of the molecule is O=C(Nc1ccc(Oc2ccccc2)cc1)C1CC(=O)N(CCc2ccccc2)C1. The molecule has 0 aliphatic carbocycles. The van der Waals surface area contributed by atoms with Crippen molar-refractivity contribution in [2.24, 2.45) is 5.92 Å². The van der Waals surface area contributed by atoms with Crippen molar-refractivity contribution in [2.75, 3.05) is 18.4 Å². The Kier molecular flexibility index (Phi) is 6.09. The first-order valence-corrected chi connectivity index (χ1v) is 10.1. The Hall–Kier alpha value is -3.60. The van der Waals surface area contributed by atoms with E-state index in [2.05, 4.69) is 17.4 Å². The fraction of sp³-hybridized carbons (Fsp3) is 0.200. The maximum Gasteiger partial charge on any atom is 0.229 e. The number of para-hydroxylation sites is 1. The summed E-state index contributed by atoms with van der Waals surface area (Å²) < 4.78 is 5.77. The minimum absolute atomic E-state index is 0.0395. The number of hydrogen-bond donors (Lipinski definition) is 1. The highest BCUT2D eigenvalue weighted by atomic mass is 16.5. The highest BCUT2D eigenvalue weighted by molar-refractivity contribution is 5.97. The van der Waals surface area contributed by atoms with Crippen molar-refractivity contribution in [1.29, 1.82) is 0 Å². The zero-order chi connectivity index (χ0) is 20.8. The molecule has 1 heterocycles. The van der Waals surface area contributed by atoms with Gasteiger partial charge in [-0.2, -0.15) is 0 Å². The fourth-order valence-corrected chi connectivity index (χ4v) is 3.55. The highest BCUT2D eigenvalue weighted by Gasteiger charge is 2.34. The molecule has 0 aromatic heterocycles. The number of nitrogens with one attached hydrogen (secondary N) is 1. The molecule has 3 aromatic rings. The van der Waals surface area contributed by atoms with Gasteiger partial charge in [0.2, 0.25) is 11.8 Å². The van der Waals surface area contributed by atoms with E-state index in [0.29, 0.717) is 24.5 Å². The number of ether oxygens (including phenoxy) is 1. The lowest BCUT2D eigenvalue weighted by molar-refractivity contribution is -0.128. The molecule has 0 radical (unpaired) electrons. The molecule has 3 aromatic carbocycles. The maximum atomic E-state index is 12.6. The average molecular weight is 400 g/mol. The molecule has 2 amide bonds. The predicted molar refractivity (Wildman–Crippen MR) is 116 cm³/mol. The van der Waals surface area contributed by atoms with Crippen LogP contribution in [0, 0.1) is 5.92 Å². The third-order valence-corrected chi connectivity index (χ3v) is 5.20. The van der Waals surface area contributed by atoms with E-state index >= 15 is 0 Å². The summed E-state index contributed by atoms with van der Waals surface area (Å²) in [6.07, 6.45) is 1.06. The molecule has 1 fully saturated rings. The van der Waals surface area contributed by atoms with Gasteiger partial charge in [0.25, 0.3) is 0 Å². The number of hydrogen-bond acceptors (Lipinski definition) is 3. The van der Waals surface area contributed by atoms with Crippen LogP contribution in [0.2, 0.25) is 0 Å². The summed E-state index contributed by atoms with van der Waals surface area (Å²) >= 11 is 0. The number of nitrogens with zero attached hydrogens (tertiary/aromatic N) is 1. The van der Waals surface area contributed by atoms with E-state index in [1.54, 1.807) is 17.0 Å². The first-order chi connectivity index (χ1) is 14.7. The van der Waals surface area contributed by atoms with E-state index < -0.39 is 0 Å². The topological polar surface area (TPSA) is 58.6 Å². The maximum absolute atomic E-state index is 12.6. The molecule has 5 nitrogen and oxygen atoms in total. The molecule has 1 aliphatic rings. The van der Waals surface area contributed by atoms with E-state index in [1.165, 1.54) is 5.56 Å². The van der Waals surface area contributed by atoms with E-state index in [9.17, 15) is 9.59 Å². The Morgan fingerprint density at radius 3 is 2.23 bits per heavy atom. The van der Waals surface area contributed by atoms with Crippen LogP contribution in [0.4, 0.5) is 5.69 Å². The van der Waals surface area contributed by atoms with Crippen LogP contribution in [0.3, 0.4) is 0 Å². The molecule has 0 spiro atoms. The van der Waals surface area contributed by atoms with Gasteiger partial charge in [-0.15, -0.1) is 0 Å². The molecule has 1 saturated heterocycles. The smallest absolute Gasteiger partial charge is 0.229 e.